The Labute approximate surface area is 152 Å². The highest BCUT2D eigenvalue weighted by molar-refractivity contribution is 5.84. The monoisotopic (exact) mass is 348 g/mol. The number of aliphatic hydroxyl groups excluding tert-OH is 1. The molecule has 0 aromatic carbocycles. The van der Waals surface area contributed by atoms with E-state index in [4.69, 9.17) is 0 Å². The third kappa shape index (κ3) is 2.48. The van der Waals surface area contributed by atoms with E-state index in [-0.39, 0.29) is 28.8 Å². The maximum absolute atomic E-state index is 13.4. The van der Waals surface area contributed by atoms with E-state index in [1.807, 2.05) is 13.8 Å². The summed E-state index contributed by atoms with van der Waals surface area (Å²) in [7, 11) is 0. The fraction of sp³-hybridized carbons (Fsp3) is 0.955. The van der Waals surface area contributed by atoms with Crippen LogP contribution in [0, 0.1) is 40.4 Å². The van der Waals surface area contributed by atoms with E-state index >= 15 is 0 Å². The van der Waals surface area contributed by atoms with Crippen LogP contribution in [0.5, 0.6) is 0 Å². The van der Waals surface area contributed by atoms with Crippen molar-refractivity contribution in [1.29, 1.82) is 0 Å². The van der Waals surface area contributed by atoms with Gasteiger partial charge in [-0.05, 0) is 93.3 Å². The van der Waals surface area contributed by atoms with Crippen molar-refractivity contribution in [1.82, 2.24) is 0 Å². The molecule has 3 heteroatoms. The summed E-state index contributed by atoms with van der Waals surface area (Å²) in [4.78, 5) is 13.4. The third-order valence-electron chi connectivity index (χ3n) is 9.17. The Kier molecular flexibility index (Phi) is 3.99. The molecule has 4 saturated carbocycles. The van der Waals surface area contributed by atoms with E-state index in [2.05, 4.69) is 13.8 Å². The van der Waals surface area contributed by atoms with Crippen molar-refractivity contribution in [2.75, 3.05) is 0 Å². The highest BCUT2D eigenvalue weighted by Crippen LogP contribution is 2.67. The van der Waals surface area contributed by atoms with E-state index in [0.29, 0.717) is 30.0 Å². The van der Waals surface area contributed by atoms with Crippen LogP contribution in [0.15, 0.2) is 0 Å². The van der Waals surface area contributed by atoms with Gasteiger partial charge in [0.15, 0.2) is 0 Å². The fourth-order valence-corrected chi connectivity index (χ4v) is 8.21. The molecule has 25 heavy (non-hydrogen) atoms. The van der Waals surface area contributed by atoms with Gasteiger partial charge < -0.3 is 10.2 Å². The van der Waals surface area contributed by atoms with Gasteiger partial charge >= 0.3 is 0 Å². The molecule has 4 fully saturated rings. The SMILES string of the molecule is CC(C)(O)[C@H]1CC[C@H]2[C@@H]3CC[C@@H]4C[C@@H](O)CC[C@]4(C)[C@H]3C(=O)C[C@]12C. The largest absolute Gasteiger partial charge is 0.393 e. The molecule has 0 aromatic heterocycles. The minimum atomic E-state index is -0.702. The van der Waals surface area contributed by atoms with Gasteiger partial charge in [-0.1, -0.05) is 13.8 Å². The molecule has 4 aliphatic carbocycles. The van der Waals surface area contributed by atoms with Crippen molar-refractivity contribution >= 4 is 5.78 Å². The second-order valence-electron chi connectivity index (χ2n) is 10.9. The summed E-state index contributed by atoms with van der Waals surface area (Å²) in [6.07, 6.45) is 7.78. The summed E-state index contributed by atoms with van der Waals surface area (Å²) in [6.45, 7) is 8.51. The highest BCUT2D eigenvalue weighted by atomic mass is 16.3. The maximum Gasteiger partial charge on any atom is 0.137 e. The third-order valence-corrected chi connectivity index (χ3v) is 9.17. The first-order chi connectivity index (χ1) is 11.6. The molecular formula is C22H36O3. The molecule has 0 unspecified atom stereocenters. The number of carbonyl (C=O) groups excluding carboxylic acids is 1. The number of Topliss-reactive ketones (excluding diaryl/α,β-unsaturated/α-hetero) is 1. The van der Waals surface area contributed by atoms with Gasteiger partial charge in [-0.25, -0.2) is 0 Å². The summed E-state index contributed by atoms with van der Waals surface area (Å²) in [5.41, 5.74) is -0.645. The molecule has 0 saturated heterocycles. The molecule has 0 spiro atoms. The first-order valence-electron chi connectivity index (χ1n) is 10.5. The van der Waals surface area contributed by atoms with Gasteiger partial charge in [0.1, 0.15) is 5.78 Å². The molecule has 142 valence electrons. The molecule has 0 radical (unpaired) electrons. The van der Waals surface area contributed by atoms with E-state index in [9.17, 15) is 15.0 Å². The van der Waals surface area contributed by atoms with Crippen LogP contribution in [-0.2, 0) is 4.79 Å². The first kappa shape index (κ1) is 18.0. The van der Waals surface area contributed by atoms with E-state index in [1.54, 1.807) is 0 Å². The van der Waals surface area contributed by atoms with Crippen LogP contribution in [0.1, 0.15) is 79.1 Å². The van der Waals surface area contributed by atoms with Crippen LogP contribution in [0.25, 0.3) is 0 Å². The molecule has 2 N–H and O–H groups in total. The van der Waals surface area contributed by atoms with Crippen molar-refractivity contribution in [3.63, 3.8) is 0 Å². The van der Waals surface area contributed by atoms with Gasteiger partial charge in [-0.2, -0.15) is 0 Å². The topological polar surface area (TPSA) is 57.5 Å². The van der Waals surface area contributed by atoms with Crippen molar-refractivity contribution < 1.29 is 15.0 Å². The average Bonchev–Trinajstić information content (AvgIpc) is 2.84. The van der Waals surface area contributed by atoms with Gasteiger partial charge in [0, 0.05) is 12.3 Å². The fourth-order valence-electron chi connectivity index (χ4n) is 8.21. The Morgan fingerprint density at radius 2 is 1.76 bits per heavy atom. The zero-order valence-corrected chi connectivity index (χ0v) is 16.4. The normalized spacial score (nSPS) is 53.1. The highest BCUT2D eigenvalue weighted by Gasteiger charge is 2.64. The lowest BCUT2D eigenvalue weighted by molar-refractivity contribution is -0.166. The Hall–Kier alpha value is -0.410. The molecular weight excluding hydrogens is 312 g/mol. The molecule has 0 amide bonds. The number of carbonyl (C=O) groups is 1. The zero-order valence-electron chi connectivity index (χ0n) is 16.4. The second kappa shape index (κ2) is 5.55. The quantitative estimate of drug-likeness (QED) is 0.754. The predicted molar refractivity (Wildman–Crippen MR) is 97.9 cm³/mol. The van der Waals surface area contributed by atoms with Crippen LogP contribution >= 0.6 is 0 Å². The number of fused-ring (bicyclic) bond motifs is 5. The molecule has 8 atom stereocenters. The first-order valence-corrected chi connectivity index (χ1v) is 10.5. The lowest BCUT2D eigenvalue weighted by Crippen LogP contribution is -2.58. The summed E-state index contributed by atoms with van der Waals surface area (Å²) in [5.74, 6) is 2.47. The van der Waals surface area contributed by atoms with Crippen molar-refractivity contribution in [3.05, 3.63) is 0 Å². The van der Waals surface area contributed by atoms with Crippen LogP contribution in [0.3, 0.4) is 0 Å². The Morgan fingerprint density at radius 3 is 2.44 bits per heavy atom. The molecule has 4 rings (SSSR count). The number of hydrogen-bond acceptors (Lipinski definition) is 3. The van der Waals surface area contributed by atoms with Crippen LogP contribution in [-0.4, -0.2) is 27.7 Å². The molecule has 4 aliphatic rings. The number of ketones is 1. The van der Waals surface area contributed by atoms with Gasteiger partial charge in [0.05, 0.1) is 11.7 Å². The molecule has 0 heterocycles. The van der Waals surface area contributed by atoms with E-state index < -0.39 is 5.60 Å². The summed E-state index contributed by atoms with van der Waals surface area (Å²) in [6, 6.07) is 0. The number of aliphatic hydroxyl groups is 2. The van der Waals surface area contributed by atoms with Gasteiger partial charge in [0.25, 0.3) is 0 Å². The van der Waals surface area contributed by atoms with Crippen LogP contribution < -0.4 is 0 Å². The molecule has 0 aromatic rings. The Bertz CT molecular complexity index is 564. The van der Waals surface area contributed by atoms with Gasteiger partial charge in [-0.15, -0.1) is 0 Å². The van der Waals surface area contributed by atoms with Crippen LogP contribution in [0.4, 0.5) is 0 Å². The van der Waals surface area contributed by atoms with Crippen molar-refractivity contribution in [2.45, 2.75) is 90.8 Å². The van der Waals surface area contributed by atoms with Gasteiger partial charge in [0.2, 0.25) is 0 Å². The smallest absolute Gasteiger partial charge is 0.137 e. The second-order valence-corrected chi connectivity index (χ2v) is 10.9. The molecule has 0 bridgehead atoms. The summed E-state index contributed by atoms with van der Waals surface area (Å²) in [5, 5.41) is 20.9. The van der Waals surface area contributed by atoms with Crippen LogP contribution in [0.2, 0.25) is 0 Å². The lowest BCUT2D eigenvalue weighted by atomic mass is 9.44. The summed E-state index contributed by atoms with van der Waals surface area (Å²) >= 11 is 0. The lowest BCUT2D eigenvalue weighted by Gasteiger charge is -2.60. The maximum atomic E-state index is 13.4. The van der Waals surface area contributed by atoms with Crippen molar-refractivity contribution in [2.24, 2.45) is 40.4 Å². The van der Waals surface area contributed by atoms with Crippen molar-refractivity contribution in [3.8, 4) is 0 Å². The summed E-state index contributed by atoms with van der Waals surface area (Å²) < 4.78 is 0. The average molecular weight is 349 g/mol. The minimum Gasteiger partial charge on any atom is -0.393 e. The van der Waals surface area contributed by atoms with Gasteiger partial charge in [-0.3, -0.25) is 4.79 Å². The minimum absolute atomic E-state index is 0.0339. The Balaban J connectivity index is 1.68. The Morgan fingerprint density at radius 1 is 1.04 bits per heavy atom. The number of hydrogen-bond donors (Lipinski definition) is 2. The van der Waals surface area contributed by atoms with E-state index in [1.165, 1.54) is 12.8 Å². The standard InChI is InChI=1S/C22H36O3/c1-20(2,25)18-8-7-16-15-6-5-13-11-14(23)9-10-21(13,3)19(15)17(24)12-22(16,18)4/h13-16,18-19,23,25H,5-12H2,1-4H3/t13-,14+,15+,16+,18-,19-,21+,22+/m1/s1. The zero-order chi connectivity index (χ0) is 18.2. The predicted octanol–water partition coefficient (Wildman–Crippen LogP) is 3.96. The molecule has 3 nitrogen and oxygen atoms in total. The number of rotatable bonds is 1. The molecule has 0 aliphatic heterocycles. The van der Waals surface area contributed by atoms with E-state index in [0.717, 1.165) is 32.1 Å².